The first-order valence-electron chi connectivity index (χ1n) is 4.09. The van der Waals surface area contributed by atoms with Crippen LogP contribution in [0.1, 0.15) is 27.7 Å². The SMILES string of the molecule is CC1=C(C)N2PC(C)=C(C)N2P1. The Morgan fingerprint density at radius 2 is 1.08 bits per heavy atom. The molecule has 0 fully saturated rings. The first-order valence-corrected chi connectivity index (χ1v) is 5.99. The second-order valence-electron chi connectivity index (χ2n) is 3.27. The molecule has 2 aliphatic heterocycles. The van der Waals surface area contributed by atoms with Crippen LogP contribution in [0, 0.1) is 0 Å². The summed E-state index contributed by atoms with van der Waals surface area (Å²) in [4.78, 5) is 0. The molecule has 0 aromatic rings. The second-order valence-corrected chi connectivity index (χ2v) is 6.06. The summed E-state index contributed by atoms with van der Waals surface area (Å²) in [6.45, 7) is 8.92. The first-order chi connectivity index (χ1) is 5.61. The fourth-order valence-corrected chi connectivity index (χ4v) is 4.23. The Labute approximate surface area is 77.3 Å². The van der Waals surface area contributed by atoms with Gasteiger partial charge in [-0.1, -0.05) is 0 Å². The molecule has 4 heteroatoms. The molecule has 0 radical (unpaired) electrons. The molecule has 0 N–H and O–H groups in total. The van der Waals surface area contributed by atoms with Crippen LogP contribution in [-0.2, 0) is 0 Å². The quantitative estimate of drug-likeness (QED) is 0.554. The summed E-state index contributed by atoms with van der Waals surface area (Å²) in [7, 11) is 1.70. The summed E-state index contributed by atoms with van der Waals surface area (Å²) in [6.07, 6.45) is 0. The largest absolute Gasteiger partial charge is 0.265 e. The van der Waals surface area contributed by atoms with Crippen molar-refractivity contribution in [3.8, 4) is 0 Å². The molecular formula is C8H14N2P2. The summed E-state index contributed by atoms with van der Waals surface area (Å²) < 4.78 is 4.83. The highest BCUT2D eigenvalue weighted by atomic mass is 31.1. The van der Waals surface area contributed by atoms with Gasteiger partial charge < -0.3 is 0 Å². The monoisotopic (exact) mass is 200 g/mol. The predicted octanol–water partition coefficient (Wildman–Crippen LogP) is 3.22. The van der Waals surface area contributed by atoms with Crippen molar-refractivity contribution in [2.75, 3.05) is 0 Å². The fourth-order valence-electron chi connectivity index (χ4n) is 1.36. The summed E-state index contributed by atoms with van der Waals surface area (Å²) in [6, 6.07) is 0. The lowest BCUT2D eigenvalue weighted by atomic mass is 10.4. The lowest BCUT2D eigenvalue weighted by Gasteiger charge is -2.25. The highest BCUT2D eigenvalue weighted by molar-refractivity contribution is 7.46. The van der Waals surface area contributed by atoms with Crippen molar-refractivity contribution >= 4 is 17.5 Å². The number of hydrazine groups is 1. The van der Waals surface area contributed by atoms with E-state index in [-0.39, 0.29) is 0 Å². The van der Waals surface area contributed by atoms with Crippen LogP contribution in [0.5, 0.6) is 0 Å². The minimum absolute atomic E-state index is 0.851. The van der Waals surface area contributed by atoms with Crippen LogP contribution < -0.4 is 0 Å². The molecule has 0 aliphatic carbocycles. The van der Waals surface area contributed by atoms with Crippen LogP contribution in [0.15, 0.2) is 22.0 Å². The van der Waals surface area contributed by atoms with E-state index >= 15 is 0 Å². The summed E-state index contributed by atoms with van der Waals surface area (Å²) in [5.41, 5.74) is 2.92. The summed E-state index contributed by atoms with van der Waals surface area (Å²) in [5, 5.41) is 3.07. The number of rotatable bonds is 0. The molecule has 2 aliphatic rings. The lowest BCUT2D eigenvalue weighted by Crippen LogP contribution is -2.17. The van der Waals surface area contributed by atoms with Gasteiger partial charge in [0, 0.05) is 28.9 Å². The Kier molecular flexibility index (Phi) is 1.93. The fraction of sp³-hybridized carbons (Fsp3) is 0.500. The smallest absolute Gasteiger partial charge is 0.0411 e. The third-order valence-corrected chi connectivity index (χ3v) is 5.56. The van der Waals surface area contributed by atoms with E-state index in [4.69, 9.17) is 0 Å². The minimum atomic E-state index is 0.851. The summed E-state index contributed by atoms with van der Waals surface area (Å²) in [5.74, 6) is 0. The number of allylic oxidation sites excluding steroid dienone is 4. The maximum Gasteiger partial charge on any atom is 0.0411 e. The van der Waals surface area contributed by atoms with E-state index in [0.29, 0.717) is 0 Å². The van der Waals surface area contributed by atoms with Gasteiger partial charge in [-0.05, 0) is 38.3 Å². The molecule has 0 bridgehead atoms. The summed E-state index contributed by atoms with van der Waals surface area (Å²) >= 11 is 0. The number of fused-ring (bicyclic) bond motifs is 1. The molecule has 0 amide bonds. The maximum atomic E-state index is 2.42. The molecule has 2 unspecified atom stereocenters. The van der Waals surface area contributed by atoms with Gasteiger partial charge in [0.25, 0.3) is 0 Å². The average Bonchev–Trinajstić information content (AvgIpc) is 2.43. The van der Waals surface area contributed by atoms with Crippen LogP contribution in [0.25, 0.3) is 0 Å². The van der Waals surface area contributed by atoms with Gasteiger partial charge in [0.1, 0.15) is 0 Å². The van der Waals surface area contributed by atoms with Crippen LogP contribution >= 0.6 is 17.5 Å². The van der Waals surface area contributed by atoms with Crippen molar-refractivity contribution in [1.29, 1.82) is 0 Å². The van der Waals surface area contributed by atoms with Crippen LogP contribution in [0.2, 0.25) is 0 Å². The zero-order chi connectivity index (χ0) is 8.88. The Bertz CT molecular complexity index is 263. The van der Waals surface area contributed by atoms with Crippen LogP contribution in [0.3, 0.4) is 0 Å². The number of hydrogen-bond donors (Lipinski definition) is 0. The Balaban J connectivity index is 2.30. The van der Waals surface area contributed by atoms with E-state index in [0.717, 1.165) is 17.5 Å². The lowest BCUT2D eigenvalue weighted by molar-refractivity contribution is 0.318. The zero-order valence-corrected chi connectivity index (χ0v) is 9.89. The van der Waals surface area contributed by atoms with Crippen molar-refractivity contribution in [3.63, 3.8) is 0 Å². The van der Waals surface area contributed by atoms with Crippen LogP contribution in [-0.4, -0.2) is 9.56 Å². The van der Waals surface area contributed by atoms with Gasteiger partial charge in [-0.3, -0.25) is 9.56 Å². The molecule has 0 spiro atoms. The second kappa shape index (κ2) is 2.72. The van der Waals surface area contributed by atoms with E-state index in [9.17, 15) is 0 Å². The minimum Gasteiger partial charge on any atom is -0.265 e. The van der Waals surface area contributed by atoms with Gasteiger partial charge in [-0.15, -0.1) is 0 Å². The van der Waals surface area contributed by atoms with Gasteiger partial charge in [0.15, 0.2) is 0 Å². The van der Waals surface area contributed by atoms with Crippen molar-refractivity contribution in [2.24, 2.45) is 0 Å². The molecule has 0 aromatic heterocycles. The molecule has 2 heterocycles. The van der Waals surface area contributed by atoms with Gasteiger partial charge in [-0.2, -0.15) is 0 Å². The van der Waals surface area contributed by atoms with Crippen molar-refractivity contribution in [2.45, 2.75) is 27.7 Å². The predicted molar refractivity (Wildman–Crippen MR) is 57.1 cm³/mol. The zero-order valence-electron chi connectivity index (χ0n) is 7.89. The maximum absolute atomic E-state index is 2.42. The molecule has 66 valence electrons. The van der Waals surface area contributed by atoms with Crippen LogP contribution in [0.4, 0.5) is 0 Å². The van der Waals surface area contributed by atoms with E-state index in [2.05, 4.69) is 37.3 Å². The van der Waals surface area contributed by atoms with Crippen molar-refractivity contribution in [3.05, 3.63) is 22.0 Å². The first kappa shape index (κ1) is 8.53. The van der Waals surface area contributed by atoms with Crippen molar-refractivity contribution < 1.29 is 0 Å². The number of nitrogens with zero attached hydrogens (tertiary/aromatic N) is 2. The van der Waals surface area contributed by atoms with Gasteiger partial charge in [0.05, 0.1) is 0 Å². The molecule has 2 atom stereocenters. The third-order valence-electron chi connectivity index (χ3n) is 2.47. The molecule has 0 saturated carbocycles. The molecule has 12 heavy (non-hydrogen) atoms. The highest BCUT2D eigenvalue weighted by Crippen LogP contribution is 2.56. The Morgan fingerprint density at radius 1 is 0.750 bits per heavy atom. The standard InChI is InChI=1S/C8H14N2P2/c1-5-7(3)11-10-6(2)8(4)12-9(5)10/h11-12H,1-4H3. The molecular weight excluding hydrogens is 186 g/mol. The van der Waals surface area contributed by atoms with E-state index in [1.54, 1.807) is 0 Å². The van der Waals surface area contributed by atoms with Gasteiger partial charge in [0.2, 0.25) is 0 Å². The topological polar surface area (TPSA) is 6.48 Å². The van der Waals surface area contributed by atoms with Gasteiger partial charge >= 0.3 is 0 Å². The Morgan fingerprint density at radius 3 is 1.42 bits per heavy atom. The molecule has 0 saturated heterocycles. The van der Waals surface area contributed by atoms with E-state index < -0.39 is 0 Å². The molecule has 0 aromatic carbocycles. The molecule has 2 rings (SSSR count). The van der Waals surface area contributed by atoms with Crippen molar-refractivity contribution in [1.82, 2.24) is 9.56 Å². The highest BCUT2D eigenvalue weighted by Gasteiger charge is 2.31. The van der Waals surface area contributed by atoms with E-state index in [1.807, 2.05) is 0 Å². The normalized spacial score (nSPS) is 27.0. The van der Waals surface area contributed by atoms with E-state index in [1.165, 1.54) is 22.0 Å². The van der Waals surface area contributed by atoms with Gasteiger partial charge in [-0.25, -0.2) is 0 Å². The Hall–Kier alpha value is -0.0600. The third kappa shape index (κ3) is 1.02. The number of hydrogen-bond acceptors (Lipinski definition) is 2. The molecule has 2 nitrogen and oxygen atoms in total. The average molecular weight is 200 g/mol.